The van der Waals surface area contributed by atoms with Crippen LogP contribution >= 0.6 is 0 Å². The van der Waals surface area contributed by atoms with E-state index in [0.29, 0.717) is 0 Å². The summed E-state index contributed by atoms with van der Waals surface area (Å²) in [5.41, 5.74) is 0. The van der Waals surface area contributed by atoms with Crippen molar-refractivity contribution in [3.8, 4) is 0 Å². The van der Waals surface area contributed by atoms with Gasteiger partial charge in [0, 0.05) is 6.04 Å². The second-order valence-corrected chi connectivity index (χ2v) is 5.60. The lowest BCUT2D eigenvalue weighted by Gasteiger charge is -2.20. The van der Waals surface area contributed by atoms with E-state index in [-0.39, 0.29) is 0 Å². The van der Waals surface area contributed by atoms with Crippen molar-refractivity contribution in [2.24, 2.45) is 0 Å². The molecule has 108 valence electrons. The van der Waals surface area contributed by atoms with Gasteiger partial charge in [-0.15, -0.1) is 0 Å². The molecule has 0 radical (unpaired) electrons. The van der Waals surface area contributed by atoms with E-state index < -0.39 is 0 Å². The lowest BCUT2D eigenvalue weighted by molar-refractivity contribution is 0.228. The molecule has 1 fully saturated rings. The Morgan fingerprint density at radius 1 is 1.21 bits per heavy atom. The maximum Gasteiger partial charge on any atom is 0.118 e. The average molecular weight is 264 g/mol. The first-order valence-electron chi connectivity index (χ1n) is 7.85. The van der Waals surface area contributed by atoms with E-state index in [1.807, 2.05) is 0 Å². The van der Waals surface area contributed by atoms with E-state index in [0.717, 1.165) is 37.2 Å². The summed E-state index contributed by atoms with van der Waals surface area (Å²) in [6.45, 7) is 8.55. The molecule has 0 unspecified atom stereocenters. The van der Waals surface area contributed by atoms with Crippen molar-refractivity contribution in [3.05, 3.63) is 23.7 Å². The van der Waals surface area contributed by atoms with Gasteiger partial charge < -0.3 is 9.73 Å². The highest BCUT2D eigenvalue weighted by Crippen LogP contribution is 2.28. The summed E-state index contributed by atoms with van der Waals surface area (Å²) in [6.07, 6.45) is 6.47. The maximum absolute atomic E-state index is 5.91. The second-order valence-electron chi connectivity index (χ2n) is 5.60. The van der Waals surface area contributed by atoms with Crippen molar-refractivity contribution in [1.82, 2.24) is 10.2 Å². The average Bonchev–Trinajstić information content (AvgIpc) is 3.17. The van der Waals surface area contributed by atoms with Crippen LogP contribution in [0.4, 0.5) is 0 Å². The predicted octanol–water partition coefficient (Wildman–Crippen LogP) is 3.54. The lowest BCUT2D eigenvalue weighted by atomic mass is 10.3. The number of rotatable bonds is 10. The zero-order chi connectivity index (χ0) is 13.5. The quantitative estimate of drug-likeness (QED) is 0.655. The summed E-state index contributed by atoms with van der Waals surface area (Å²) < 4.78 is 5.91. The number of hydrogen-bond acceptors (Lipinski definition) is 3. The third-order valence-electron chi connectivity index (χ3n) is 3.66. The van der Waals surface area contributed by atoms with Gasteiger partial charge in [-0.25, -0.2) is 0 Å². The molecule has 1 N–H and O–H groups in total. The van der Waals surface area contributed by atoms with E-state index in [4.69, 9.17) is 4.42 Å². The molecule has 19 heavy (non-hydrogen) atoms. The van der Waals surface area contributed by atoms with Crippen LogP contribution in [0, 0.1) is 0 Å². The Morgan fingerprint density at radius 2 is 2.00 bits per heavy atom. The molecule has 0 aliphatic heterocycles. The summed E-state index contributed by atoms with van der Waals surface area (Å²) in [7, 11) is 0. The smallest absolute Gasteiger partial charge is 0.118 e. The van der Waals surface area contributed by atoms with Crippen molar-refractivity contribution in [2.75, 3.05) is 13.1 Å². The van der Waals surface area contributed by atoms with Crippen LogP contribution in [0.15, 0.2) is 16.5 Å². The topological polar surface area (TPSA) is 28.4 Å². The minimum atomic E-state index is 0.818. The first-order valence-corrected chi connectivity index (χ1v) is 7.85. The molecule has 0 amide bonds. The number of nitrogens with zero attached hydrogens (tertiary/aromatic N) is 1. The van der Waals surface area contributed by atoms with E-state index in [9.17, 15) is 0 Å². The van der Waals surface area contributed by atoms with E-state index in [2.05, 4.69) is 36.2 Å². The molecule has 3 heteroatoms. The van der Waals surface area contributed by atoms with Gasteiger partial charge in [-0.1, -0.05) is 20.3 Å². The molecule has 0 atom stereocenters. The maximum atomic E-state index is 5.91. The Hall–Kier alpha value is -0.800. The van der Waals surface area contributed by atoms with Gasteiger partial charge in [0.15, 0.2) is 0 Å². The Balaban J connectivity index is 1.79. The SMILES string of the molecule is CCCCN(Cc1ccc(CNCCC)o1)C1CC1. The molecule has 1 saturated carbocycles. The number of furan rings is 1. The molecule has 1 aliphatic carbocycles. The fourth-order valence-electron chi connectivity index (χ4n) is 2.38. The number of nitrogens with one attached hydrogen (secondary N) is 1. The van der Waals surface area contributed by atoms with Gasteiger partial charge in [0.1, 0.15) is 11.5 Å². The zero-order valence-electron chi connectivity index (χ0n) is 12.5. The molecule has 2 rings (SSSR count). The molecule has 1 aromatic rings. The first kappa shape index (κ1) is 14.6. The summed E-state index contributed by atoms with van der Waals surface area (Å²) in [5, 5.41) is 3.38. The highest BCUT2D eigenvalue weighted by atomic mass is 16.3. The molecule has 0 aromatic carbocycles. The fourth-order valence-corrected chi connectivity index (χ4v) is 2.38. The molecular weight excluding hydrogens is 236 g/mol. The highest BCUT2D eigenvalue weighted by molar-refractivity contribution is 5.07. The molecule has 0 spiro atoms. The molecule has 0 saturated heterocycles. The van der Waals surface area contributed by atoms with Crippen molar-refractivity contribution >= 4 is 0 Å². The van der Waals surface area contributed by atoms with Crippen LogP contribution in [0.2, 0.25) is 0 Å². The van der Waals surface area contributed by atoms with Gasteiger partial charge in [-0.3, -0.25) is 4.90 Å². The van der Waals surface area contributed by atoms with Crippen molar-refractivity contribution in [2.45, 2.75) is 65.1 Å². The third kappa shape index (κ3) is 5.00. The van der Waals surface area contributed by atoms with Crippen molar-refractivity contribution in [3.63, 3.8) is 0 Å². The van der Waals surface area contributed by atoms with E-state index in [1.165, 1.54) is 38.6 Å². The Morgan fingerprint density at radius 3 is 2.68 bits per heavy atom. The van der Waals surface area contributed by atoms with E-state index in [1.54, 1.807) is 0 Å². The molecular formula is C16H28N2O. The Kier molecular flexibility index (Phi) is 5.93. The van der Waals surface area contributed by atoms with Crippen LogP contribution in [0.3, 0.4) is 0 Å². The lowest BCUT2D eigenvalue weighted by Crippen LogP contribution is -2.26. The monoisotopic (exact) mass is 264 g/mol. The van der Waals surface area contributed by atoms with Crippen LogP contribution in [0.5, 0.6) is 0 Å². The second kappa shape index (κ2) is 7.71. The van der Waals surface area contributed by atoms with Crippen molar-refractivity contribution in [1.29, 1.82) is 0 Å². The van der Waals surface area contributed by atoms with Gasteiger partial charge in [0.05, 0.1) is 13.1 Å². The number of hydrogen-bond donors (Lipinski definition) is 1. The van der Waals surface area contributed by atoms with Crippen molar-refractivity contribution < 1.29 is 4.42 Å². The first-order chi connectivity index (χ1) is 9.33. The standard InChI is InChI=1S/C16H28N2O/c1-3-5-11-18(14-6-7-14)13-16-9-8-15(19-16)12-17-10-4-2/h8-9,14,17H,3-7,10-13H2,1-2H3. The van der Waals surface area contributed by atoms with Crippen LogP contribution in [0.1, 0.15) is 57.5 Å². The zero-order valence-corrected chi connectivity index (χ0v) is 12.5. The minimum absolute atomic E-state index is 0.818. The van der Waals surface area contributed by atoms with Gasteiger partial charge in [-0.05, 0) is 50.9 Å². The molecule has 1 aliphatic rings. The molecule has 3 nitrogen and oxygen atoms in total. The van der Waals surface area contributed by atoms with Gasteiger partial charge in [-0.2, -0.15) is 0 Å². The van der Waals surface area contributed by atoms with Crippen LogP contribution in [-0.2, 0) is 13.1 Å². The van der Waals surface area contributed by atoms with Crippen LogP contribution in [-0.4, -0.2) is 24.0 Å². The normalized spacial score (nSPS) is 15.3. The number of unbranched alkanes of at least 4 members (excludes halogenated alkanes) is 1. The largest absolute Gasteiger partial charge is 0.463 e. The van der Waals surface area contributed by atoms with Gasteiger partial charge in [0.2, 0.25) is 0 Å². The third-order valence-corrected chi connectivity index (χ3v) is 3.66. The summed E-state index contributed by atoms with van der Waals surface area (Å²) in [5.74, 6) is 2.19. The predicted molar refractivity (Wildman–Crippen MR) is 79.0 cm³/mol. The van der Waals surface area contributed by atoms with Crippen LogP contribution < -0.4 is 5.32 Å². The fraction of sp³-hybridized carbons (Fsp3) is 0.750. The van der Waals surface area contributed by atoms with Gasteiger partial charge in [0.25, 0.3) is 0 Å². The molecule has 0 bridgehead atoms. The Labute approximate surface area is 117 Å². The minimum Gasteiger partial charge on any atom is -0.463 e. The van der Waals surface area contributed by atoms with Gasteiger partial charge >= 0.3 is 0 Å². The molecule has 1 heterocycles. The molecule has 1 aromatic heterocycles. The summed E-state index contributed by atoms with van der Waals surface area (Å²) in [4.78, 5) is 2.59. The van der Waals surface area contributed by atoms with E-state index >= 15 is 0 Å². The summed E-state index contributed by atoms with van der Waals surface area (Å²) in [6, 6.07) is 5.08. The summed E-state index contributed by atoms with van der Waals surface area (Å²) >= 11 is 0. The Bertz CT molecular complexity index is 357. The highest BCUT2D eigenvalue weighted by Gasteiger charge is 2.28. The van der Waals surface area contributed by atoms with Crippen LogP contribution in [0.25, 0.3) is 0 Å².